The van der Waals surface area contributed by atoms with Gasteiger partial charge in [-0.25, -0.2) is 4.39 Å². The summed E-state index contributed by atoms with van der Waals surface area (Å²) in [6.45, 7) is 0. The molecule has 0 spiro atoms. The number of piperidine rings is 1. The number of halogens is 1. The summed E-state index contributed by atoms with van der Waals surface area (Å²) in [7, 11) is 0. The van der Waals surface area contributed by atoms with E-state index in [4.69, 9.17) is 4.74 Å². The topological polar surface area (TPSA) is 64.4 Å². The second-order valence-electron chi connectivity index (χ2n) is 5.22. The Hall–Kier alpha value is -1.69. The van der Waals surface area contributed by atoms with Crippen molar-refractivity contribution in [1.82, 2.24) is 5.32 Å². The summed E-state index contributed by atoms with van der Waals surface area (Å²) in [5, 5.41) is 14.0. The molecule has 0 aromatic heterocycles. The molecule has 2 fully saturated rings. The number of fused-ring (bicyclic) bond motifs is 2. The minimum absolute atomic E-state index is 0.00490. The second kappa shape index (κ2) is 4.77. The standard InChI is InChI=1S/C13H15FN2O3/c14-12-7-10(16(17)18)3-4-13(12)19-11-5-8-1-2-9(6-11)15-8/h3-4,7-9,11,15H,1-2,5-6H2. The van der Waals surface area contributed by atoms with Gasteiger partial charge in [0.2, 0.25) is 0 Å². The van der Waals surface area contributed by atoms with Gasteiger partial charge >= 0.3 is 0 Å². The molecule has 1 aromatic rings. The molecule has 0 saturated carbocycles. The maximum Gasteiger partial charge on any atom is 0.272 e. The minimum Gasteiger partial charge on any atom is -0.487 e. The van der Waals surface area contributed by atoms with Gasteiger partial charge in [0.05, 0.1) is 11.0 Å². The third kappa shape index (κ3) is 2.53. The molecule has 0 radical (unpaired) electrons. The lowest BCUT2D eigenvalue weighted by Crippen LogP contribution is -2.42. The van der Waals surface area contributed by atoms with Crippen molar-refractivity contribution >= 4 is 5.69 Å². The Kier molecular flexibility index (Phi) is 3.10. The summed E-state index contributed by atoms with van der Waals surface area (Å²) in [6.07, 6.45) is 4.02. The van der Waals surface area contributed by atoms with Gasteiger partial charge in [-0.05, 0) is 31.7 Å². The molecule has 2 bridgehead atoms. The summed E-state index contributed by atoms with van der Waals surface area (Å²) >= 11 is 0. The van der Waals surface area contributed by atoms with E-state index in [1.807, 2.05) is 0 Å². The lowest BCUT2D eigenvalue weighted by molar-refractivity contribution is -0.385. The molecular weight excluding hydrogens is 251 g/mol. The van der Waals surface area contributed by atoms with Crippen LogP contribution >= 0.6 is 0 Å². The molecule has 5 nitrogen and oxygen atoms in total. The Morgan fingerprint density at radius 3 is 2.58 bits per heavy atom. The van der Waals surface area contributed by atoms with Crippen LogP contribution in [0.5, 0.6) is 5.75 Å². The number of ether oxygens (including phenoxy) is 1. The molecule has 2 saturated heterocycles. The van der Waals surface area contributed by atoms with Crippen molar-refractivity contribution in [3.05, 3.63) is 34.1 Å². The van der Waals surface area contributed by atoms with E-state index >= 15 is 0 Å². The van der Waals surface area contributed by atoms with Crippen LogP contribution in [-0.2, 0) is 0 Å². The highest BCUT2D eigenvalue weighted by molar-refractivity contribution is 5.37. The fourth-order valence-corrected chi connectivity index (χ4v) is 2.98. The van der Waals surface area contributed by atoms with Gasteiger partial charge in [-0.2, -0.15) is 0 Å². The Morgan fingerprint density at radius 2 is 2.00 bits per heavy atom. The SMILES string of the molecule is O=[N+]([O-])c1ccc(OC2CC3CCC(C2)N3)c(F)c1. The minimum atomic E-state index is -0.667. The number of nitrogens with zero attached hydrogens (tertiary/aromatic N) is 1. The molecule has 2 unspecified atom stereocenters. The van der Waals surface area contributed by atoms with Gasteiger partial charge in [0.25, 0.3) is 5.69 Å². The van der Waals surface area contributed by atoms with E-state index in [0.29, 0.717) is 12.1 Å². The average molecular weight is 266 g/mol. The number of benzene rings is 1. The third-order valence-corrected chi connectivity index (χ3v) is 3.85. The van der Waals surface area contributed by atoms with Crippen molar-refractivity contribution in [3.8, 4) is 5.75 Å². The lowest BCUT2D eigenvalue weighted by atomic mass is 10.0. The Balaban J connectivity index is 1.71. The van der Waals surface area contributed by atoms with Crippen molar-refractivity contribution in [3.63, 3.8) is 0 Å². The Labute approximate surface area is 109 Å². The van der Waals surface area contributed by atoms with Crippen LogP contribution in [0.25, 0.3) is 0 Å². The van der Waals surface area contributed by atoms with E-state index in [9.17, 15) is 14.5 Å². The van der Waals surface area contributed by atoms with Crippen LogP contribution in [0, 0.1) is 15.9 Å². The van der Waals surface area contributed by atoms with E-state index in [0.717, 1.165) is 31.7 Å². The Morgan fingerprint density at radius 1 is 1.32 bits per heavy atom. The number of hydrogen-bond acceptors (Lipinski definition) is 4. The van der Waals surface area contributed by atoms with E-state index in [2.05, 4.69) is 5.32 Å². The van der Waals surface area contributed by atoms with Gasteiger partial charge in [0, 0.05) is 18.2 Å². The summed E-state index contributed by atoms with van der Waals surface area (Å²) in [6, 6.07) is 4.45. The number of rotatable bonds is 3. The first-order valence-corrected chi connectivity index (χ1v) is 6.48. The van der Waals surface area contributed by atoms with E-state index in [1.54, 1.807) is 0 Å². The van der Waals surface area contributed by atoms with Crippen LogP contribution in [0.15, 0.2) is 18.2 Å². The normalized spacial score (nSPS) is 29.2. The van der Waals surface area contributed by atoms with Crippen LogP contribution in [0.2, 0.25) is 0 Å². The molecule has 0 aliphatic carbocycles. The number of nitro groups is 1. The average Bonchev–Trinajstić information content (AvgIpc) is 2.71. The maximum atomic E-state index is 13.7. The number of hydrogen-bond donors (Lipinski definition) is 1. The fraction of sp³-hybridized carbons (Fsp3) is 0.538. The highest BCUT2D eigenvalue weighted by Gasteiger charge is 2.34. The predicted octanol–water partition coefficient (Wildman–Crippen LogP) is 2.40. The van der Waals surface area contributed by atoms with Crippen LogP contribution in [0.1, 0.15) is 25.7 Å². The molecule has 0 amide bonds. The van der Waals surface area contributed by atoms with Crippen molar-refractivity contribution in [1.29, 1.82) is 0 Å². The summed E-state index contributed by atoms with van der Waals surface area (Å²) in [5.41, 5.74) is -0.254. The van der Waals surface area contributed by atoms with Gasteiger partial charge in [0.1, 0.15) is 6.10 Å². The van der Waals surface area contributed by atoms with E-state index < -0.39 is 10.7 Å². The zero-order valence-corrected chi connectivity index (χ0v) is 10.3. The first-order chi connectivity index (χ1) is 9.11. The van der Waals surface area contributed by atoms with Crippen molar-refractivity contribution in [2.45, 2.75) is 43.9 Å². The molecule has 2 atom stereocenters. The van der Waals surface area contributed by atoms with Gasteiger partial charge in [-0.3, -0.25) is 10.1 Å². The van der Waals surface area contributed by atoms with E-state index in [1.165, 1.54) is 12.1 Å². The molecule has 102 valence electrons. The molecule has 6 heteroatoms. The lowest BCUT2D eigenvalue weighted by Gasteiger charge is -2.29. The van der Waals surface area contributed by atoms with E-state index in [-0.39, 0.29) is 17.5 Å². The van der Waals surface area contributed by atoms with Crippen molar-refractivity contribution in [2.24, 2.45) is 0 Å². The second-order valence-corrected chi connectivity index (χ2v) is 5.22. The zero-order chi connectivity index (χ0) is 13.4. The molecule has 2 heterocycles. The van der Waals surface area contributed by atoms with Crippen molar-refractivity contribution < 1.29 is 14.1 Å². The highest BCUT2D eigenvalue weighted by atomic mass is 19.1. The highest BCUT2D eigenvalue weighted by Crippen LogP contribution is 2.31. The summed E-state index contributed by atoms with van der Waals surface area (Å²) in [4.78, 5) is 9.93. The third-order valence-electron chi connectivity index (χ3n) is 3.85. The first kappa shape index (κ1) is 12.3. The van der Waals surface area contributed by atoms with Crippen LogP contribution in [-0.4, -0.2) is 23.1 Å². The molecule has 1 N–H and O–H groups in total. The van der Waals surface area contributed by atoms with Crippen LogP contribution < -0.4 is 10.1 Å². The first-order valence-electron chi connectivity index (χ1n) is 6.48. The molecule has 2 aliphatic rings. The molecule has 3 rings (SSSR count). The van der Waals surface area contributed by atoms with Crippen LogP contribution in [0.3, 0.4) is 0 Å². The fourth-order valence-electron chi connectivity index (χ4n) is 2.98. The molecule has 2 aliphatic heterocycles. The monoisotopic (exact) mass is 266 g/mol. The Bertz CT molecular complexity index is 497. The van der Waals surface area contributed by atoms with Crippen LogP contribution in [0.4, 0.5) is 10.1 Å². The predicted molar refractivity (Wildman–Crippen MR) is 66.7 cm³/mol. The van der Waals surface area contributed by atoms with Gasteiger partial charge < -0.3 is 10.1 Å². The van der Waals surface area contributed by atoms with Gasteiger partial charge in [-0.15, -0.1) is 0 Å². The van der Waals surface area contributed by atoms with Gasteiger partial charge in [0.15, 0.2) is 11.6 Å². The van der Waals surface area contributed by atoms with Crippen molar-refractivity contribution in [2.75, 3.05) is 0 Å². The number of nitro benzene ring substituents is 1. The summed E-state index contributed by atoms with van der Waals surface area (Å²) < 4.78 is 19.4. The number of nitrogens with one attached hydrogen (secondary N) is 1. The maximum absolute atomic E-state index is 13.7. The molecular formula is C13H15FN2O3. The number of non-ortho nitro benzene ring substituents is 1. The largest absolute Gasteiger partial charge is 0.487 e. The quantitative estimate of drug-likeness (QED) is 0.674. The molecule has 1 aromatic carbocycles. The van der Waals surface area contributed by atoms with Gasteiger partial charge in [-0.1, -0.05) is 0 Å². The summed E-state index contributed by atoms with van der Waals surface area (Å²) in [5.74, 6) is -0.558. The molecule has 19 heavy (non-hydrogen) atoms. The zero-order valence-electron chi connectivity index (χ0n) is 10.3. The smallest absolute Gasteiger partial charge is 0.272 e.